The van der Waals surface area contributed by atoms with Gasteiger partial charge in [-0.2, -0.15) is 0 Å². The Morgan fingerprint density at radius 3 is 1.74 bits per heavy atom. The summed E-state index contributed by atoms with van der Waals surface area (Å²) in [5.74, 6) is 0.400. The maximum atomic E-state index is 10.9. The van der Waals surface area contributed by atoms with Gasteiger partial charge in [0.2, 0.25) is 0 Å². The van der Waals surface area contributed by atoms with Crippen LogP contribution in [-0.4, -0.2) is 5.11 Å². The van der Waals surface area contributed by atoms with Crippen molar-refractivity contribution in [3.05, 3.63) is 108 Å². The number of anilines is 3. The Kier molecular flexibility index (Phi) is 10.3. The van der Waals surface area contributed by atoms with Crippen LogP contribution in [0, 0.1) is 6.92 Å². The van der Waals surface area contributed by atoms with Crippen LogP contribution in [0.4, 0.5) is 17.1 Å². The van der Waals surface area contributed by atoms with Crippen LogP contribution in [0.2, 0.25) is 0 Å². The van der Waals surface area contributed by atoms with E-state index in [2.05, 4.69) is 111 Å². The van der Waals surface area contributed by atoms with E-state index >= 15 is 0 Å². The van der Waals surface area contributed by atoms with E-state index in [0.29, 0.717) is 14.3 Å². The molecule has 0 saturated heterocycles. The van der Waals surface area contributed by atoms with Crippen LogP contribution in [-0.2, 0) is 22.4 Å². The molecule has 180 valence electrons. The van der Waals surface area contributed by atoms with Crippen molar-refractivity contribution < 1.29 is 22.1 Å². The average Bonchev–Trinajstić information content (AvgIpc) is 2.84. The molecule has 4 aromatic rings. The van der Waals surface area contributed by atoms with Crippen molar-refractivity contribution >= 4 is 54.9 Å². The third-order valence-corrected chi connectivity index (χ3v) is 6.95. The van der Waals surface area contributed by atoms with E-state index in [1.54, 1.807) is 0 Å². The number of phenols is 1. The van der Waals surface area contributed by atoms with Crippen molar-refractivity contribution in [2.45, 2.75) is 33.1 Å². The minimum atomic E-state index is -0.556. The number of rotatable bonds is 5. The predicted octanol–water partition coefficient (Wildman–Crippen LogP) is 8.47. The molecular weight excluding hydrogens is 528 g/mol. The van der Waals surface area contributed by atoms with Gasteiger partial charge in [0.25, 0.3) is 0 Å². The number of hydrogen-bond donors (Lipinski definition) is 1. The molecule has 0 aliphatic carbocycles. The number of hydrogen-bond acceptors (Lipinski definition) is 2. The summed E-state index contributed by atoms with van der Waals surface area (Å²) in [6.07, 6.45) is 0. The van der Waals surface area contributed by atoms with Crippen molar-refractivity contribution in [3.8, 4) is 5.75 Å². The average molecular weight is 558 g/mol. The number of nitrogens with zero attached hydrogens (tertiary/aromatic N) is 1. The topological polar surface area (TPSA) is 23.5 Å². The van der Waals surface area contributed by atoms with Gasteiger partial charge in [-0.15, -0.1) is 0 Å². The molecule has 6 heteroatoms. The van der Waals surface area contributed by atoms with Crippen molar-refractivity contribution in [2.75, 3.05) is 4.90 Å². The summed E-state index contributed by atoms with van der Waals surface area (Å²) >= 11 is -0.556. The number of halogens is 2. The Morgan fingerprint density at radius 2 is 1.23 bits per heavy atom. The molecule has 2 nitrogen and oxygen atoms in total. The van der Waals surface area contributed by atoms with Crippen LogP contribution in [0.1, 0.15) is 31.9 Å². The van der Waals surface area contributed by atoms with E-state index in [0.717, 1.165) is 27.9 Å². The zero-order chi connectivity index (χ0) is 25.4. The Labute approximate surface area is 227 Å². The number of para-hydroxylation sites is 3. The molecule has 0 spiro atoms. The van der Waals surface area contributed by atoms with Crippen molar-refractivity contribution in [1.82, 2.24) is 0 Å². The first-order chi connectivity index (χ1) is 16.8. The number of aromatic hydroxyl groups is 1. The van der Waals surface area contributed by atoms with Gasteiger partial charge in [-0.3, -0.25) is 0 Å². The summed E-state index contributed by atoms with van der Waals surface area (Å²) in [5, 5.41) is 13.1. The Balaban J connectivity index is 0.00000108. The van der Waals surface area contributed by atoms with E-state index in [9.17, 15) is 5.11 Å². The number of benzene rings is 4. The molecule has 1 atom stereocenters. The molecule has 4 rings (SSSR count). The second-order valence-electron chi connectivity index (χ2n) is 9.16. The molecule has 0 amide bonds. The third kappa shape index (κ3) is 7.35. The van der Waals surface area contributed by atoms with E-state index in [1.165, 1.54) is 10.9 Å². The first-order valence-electron chi connectivity index (χ1n) is 11.3. The molecule has 35 heavy (non-hydrogen) atoms. The summed E-state index contributed by atoms with van der Waals surface area (Å²) in [6.45, 7) is 8.63. The van der Waals surface area contributed by atoms with Crippen LogP contribution >= 0.6 is 27.2 Å². The normalized spacial score (nSPS) is 11.1. The van der Waals surface area contributed by atoms with Crippen molar-refractivity contribution in [1.29, 1.82) is 0 Å². The zero-order valence-electron chi connectivity index (χ0n) is 20.4. The molecule has 0 aliphatic heterocycles. The number of phenolic OH excluding ortho intramolecular Hbond substituents is 1. The second kappa shape index (κ2) is 13.0. The summed E-state index contributed by atoms with van der Waals surface area (Å²) < 4.78 is 0. The monoisotopic (exact) mass is 557 g/mol. The van der Waals surface area contributed by atoms with Gasteiger partial charge in [-0.25, -0.2) is 0 Å². The molecule has 0 heterocycles. The summed E-state index contributed by atoms with van der Waals surface area (Å²) in [5.41, 5.74) is 5.55. The van der Waals surface area contributed by atoms with Crippen molar-refractivity contribution in [2.24, 2.45) is 0 Å². The molecule has 1 N–H and O–H groups in total. The summed E-state index contributed by atoms with van der Waals surface area (Å²) in [7, 11) is 10.1. The second-order valence-corrected chi connectivity index (χ2v) is 13.1. The Bertz CT molecular complexity index is 1190. The zero-order valence-corrected chi connectivity index (χ0v) is 24.5. The quantitative estimate of drug-likeness (QED) is 0.196. The van der Waals surface area contributed by atoms with Crippen molar-refractivity contribution in [3.63, 3.8) is 0 Å². The van der Waals surface area contributed by atoms with Gasteiger partial charge in [0, 0.05) is 22.0 Å². The van der Waals surface area contributed by atoms with Gasteiger partial charge in [-0.1, -0.05) is 90.0 Å². The van der Waals surface area contributed by atoms with Gasteiger partial charge in [0.1, 0.15) is 5.75 Å². The van der Waals surface area contributed by atoms with E-state index in [4.69, 9.17) is 18.6 Å². The van der Waals surface area contributed by atoms with Crippen LogP contribution < -0.4 is 15.5 Å². The standard InChI is InChI=1S/C29H30NOP.2ClH.Ti/c1-21-19-22(29(2,3)4)20-27(28(21)31)32-26-18-12-11-17-25(26)30(23-13-7-5-8-14-23)24-15-9-6-10-16-24;;;/h5-20,31-32H,1-4H3;2*1H;/q;;;+2/p-2. The summed E-state index contributed by atoms with van der Waals surface area (Å²) in [4.78, 5) is 2.29. The van der Waals surface area contributed by atoms with Crippen LogP contribution in [0.15, 0.2) is 97.1 Å². The van der Waals surface area contributed by atoms with E-state index < -0.39 is 17.0 Å². The van der Waals surface area contributed by atoms with Crippen LogP contribution in [0.5, 0.6) is 5.75 Å². The Morgan fingerprint density at radius 1 is 0.743 bits per heavy atom. The SMILES string of the molecule is Cc1cc(C(C)(C)C)cc(Pc2ccccc2N(c2ccccc2)c2ccccc2)c1O.[Cl][Ti][Cl]. The molecule has 4 aromatic carbocycles. The summed E-state index contributed by atoms with van der Waals surface area (Å²) in [6, 6.07) is 33.7. The molecular formula is C29H30Cl2NOPTi. The molecule has 0 aliphatic rings. The fraction of sp³-hybridized carbons (Fsp3) is 0.172. The maximum absolute atomic E-state index is 10.9. The van der Waals surface area contributed by atoms with Gasteiger partial charge in [-0.05, 0) is 59.9 Å². The van der Waals surface area contributed by atoms with Crippen LogP contribution in [0.3, 0.4) is 0 Å². The molecule has 0 radical (unpaired) electrons. The molecule has 1 unspecified atom stereocenters. The molecule has 0 fully saturated rings. The molecule has 0 aromatic heterocycles. The van der Waals surface area contributed by atoms with Gasteiger partial charge < -0.3 is 10.0 Å². The first-order valence-corrected chi connectivity index (χ1v) is 16.6. The van der Waals surface area contributed by atoms with Gasteiger partial charge >= 0.3 is 35.6 Å². The van der Waals surface area contributed by atoms with E-state index in [1.807, 2.05) is 19.1 Å². The molecule has 0 saturated carbocycles. The fourth-order valence-electron chi connectivity index (χ4n) is 3.81. The predicted molar refractivity (Wildman–Crippen MR) is 152 cm³/mol. The molecule has 0 bridgehead atoms. The van der Waals surface area contributed by atoms with E-state index in [-0.39, 0.29) is 5.41 Å². The first kappa shape index (κ1) is 27.8. The number of aryl methyl sites for hydroxylation is 1. The van der Waals surface area contributed by atoms with Gasteiger partial charge in [0.05, 0.1) is 5.69 Å². The third-order valence-electron chi connectivity index (χ3n) is 5.61. The van der Waals surface area contributed by atoms with Gasteiger partial charge in [0.15, 0.2) is 0 Å². The van der Waals surface area contributed by atoms with Crippen LogP contribution in [0.25, 0.3) is 0 Å². The minimum absolute atomic E-state index is 0.0251. The fourth-order valence-corrected chi connectivity index (χ4v) is 5.14. The Hall–Kier alpha value is -1.80.